The molecule has 0 aliphatic heterocycles. The van der Waals surface area contributed by atoms with Crippen molar-refractivity contribution in [2.75, 3.05) is 19.0 Å². The van der Waals surface area contributed by atoms with Gasteiger partial charge in [-0.25, -0.2) is 4.98 Å². The van der Waals surface area contributed by atoms with Crippen LogP contribution in [0.15, 0.2) is 35.6 Å². The molecule has 0 unspecified atom stereocenters. The zero-order valence-electron chi connectivity index (χ0n) is 12.7. The third kappa shape index (κ3) is 3.95. The fraction of sp³-hybridized carbons (Fsp3) is 0.467. The Morgan fingerprint density at radius 2 is 2.19 bits per heavy atom. The lowest BCUT2D eigenvalue weighted by Gasteiger charge is -2.13. The quantitative estimate of drug-likeness (QED) is 0.846. The van der Waals surface area contributed by atoms with Crippen LogP contribution in [0, 0.1) is 0 Å². The molecule has 0 amide bonds. The van der Waals surface area contributed by atoms with Gasteiger partial charge in [0.15, 0.2) is 0 Å². The number of nitrogens with zero attached hydrogens (tertiary/aromatic N) is 3. The highest BCUT2D eigenvalue weighted by Crippen LogP contribution is 2.11. The monoisotopic (exact) mass is 290 g/mol. The zero-order chi connectivity index (χ0) is 15.2. The fourth-order valence-electron chi connectivity index (χ4n) is 2.13. The van der Waals surface area contributed by atoms with E-state index in [1.165, 1.54) is 0 Å². The summed E-state index contributed by atoms with van der Waals surface area (Å²) in [5, 5.41) is 3.32. The van der Waals surface area contributed by atoms with Crippen LogP contribution in [0.3, 0.4) is 0 Å². The zero-order valence-corrected chi connectivity index (χ0v) is 12.7. The second kappa shape index (κ2) is 7.08. The topological polar surface area (TPSA) is 61.1 Å². The number of hydrogen-bond acceptors (Lipinski definition) is 4. The summed E-state index contributed by atoms with van der Waals surface area (Å²) < 4.78 is 8.77. The Morgan fingerprint density at radius 1 is 1.38 bits per heavy atom. The lowest BCUT2D eigenvalue weighted by Crippen LogP contribution is -2.21. The van der Waals surface area contributed by atoms with Crippen LogP contribution in [0.25, 0.3) is 0 Å². The van der Waals surface area contributed by atoms with Gasteiger partial charge in [-0.05, 0) is 19.9 Å². The molecule has 0 radical (unpaired) electrons. The normalized spacial score (nSPS) is 11.0. The van der Waals surface area contributed by atoms with Crippen LogP contribution >= 0.6 is 0 Å². The van der Waals surface area contributed by atoms with Crippen molar-refractivity contribution in [1.29, 1.82) is 0 Å². The van der Waals surface area contributed by atoms with Crippen molar-refractivity contribution in [2.45, 2.75) is 33.0 Å². The first-order valence-electron chi connectivity index (χ1n) is 7.06. The number of anilines is 1. The first kappa shape index (κ1) is 15.3. The summed E-state index contributed by atoms with van der Waals surface area (Å²) in [6.07, 6.45) is 5.51. The van der Waals surface area contributed by atoms with E-state index < -0.39 is 0 Å². The van der Waals surface area contributed by atoms with Crippen LogP contribution in [0.4, 0.5) is 5.69 Å². The van der Waals surface area contributed by atoms with Gasteiger partial charge in [0.05, 0.1) is 30.9 Å². The van der Waals surface area contributed by atoms with E-state index in [0.717, 1.165) is 11.4 Å². The Labute approximate surface area is 124 Å². The van der Waals surface area contributed by atoms with Crippen molar-refractivity contribution >= 4 is 5.69 Å². The standard InChI is InChI=1S/C15H22N4O2/c1-12(2)19-11-16-8-14(19)9-17-13-4-5-15(20)18(10-13)6-7-21-3/h4-5,8,10-12,17H,6-7,9H2,1-3H3. The van der Waals surface area contributed by atoms with E-state index in [1.54, 1.807) is 23.8 Å². The Balaban J connectivity index is 2.06. The van der Waals surface area contributed by atoms with Gasteiger partial charge in [-0.1, -0.05) is 0 Å². The number of pyridine rings is 1. The van der Waals surface area contributed by atoms with Crippen LogP contribution in [-0.4, -0.2) is 27.8 Å². The summed E-state index contributed by atoms with van der Waals surface area (Å²) in [4.78, 5) is 15.9. The van der Waals surface area contributed by atoms with Gasteiger partial charge in [0.1, 0.15) is 0 Å². The molecule has 6 heteroatoms. The minimum Gasteiger partial charge on any atom is -0.383 e. The maximum Gasteiger partial charge on any atom is 0.250 e. The molecular formula is C15H22N4O2. The minimum atomic E-state index is -0.0233. The van der Waals surface area contributed by atoms with Crippen molar-refractivity contribution in [2.24, 2.45) is 0 Å². The smallest absolute Gasteiger partial charge is 0.250 e. The highest BCUT2D eigenvalue weighted by molar-refractivity contribution is 5.40. The largest absolute Gasteiger partial charge is 0.383 e. The third-order valence-corrected chi connectivity index (χ3v) is 3.30. The van der Waals surface area contributed by atoms with Gasteiger partial charge in [0.2, 0.25) is 0 Å². The summed E-state index contributed by atoms with van der Waals surface area (Å²) in [5.41, 5.74) is 1.99. The second-order valence-electron chi connectivity index (χ2n) is 5.18. The lowest BCUT2D eigenvalue weighted by molar-refractivity contribution is 0.186. The average Bonchev–Trinajstić information content (AvgIpc) is 2.93. The molecule has 21 heavy (non-hydrogen) atoms. The van der Waals surface area contributed by atoms with Gasteiger partial charge < -0.3 is 19.2 Å². The Hall–Kier alpha value is -2.08. The molecular weight excluding hydrogens is 268 g/mol. The first-order valence-corrected chi connectivity index (χ1v) is 7.06. The molecule has 6 nitrogen and oxygen atoms in total. The van der Waals surface area contributed by atoms with Crippen LogP contribution < -0.4 is 10.9 Å². The highest BCUT2D eigenvalue weighted by atomic mass is 16.5. The summed E-state index contributed by atoms with van der Waals surface area (Å²) in [7, 11) is 1.63. The summed E-state index contributed by atoms with van der Waals surface area (Å²) >= 11 is 0. The van der Waals surface area contributed by atoms with E-state index in [2.05, 4.69) is 28.7 Å². The van der Waals surface area contributed by atoms with Gasteiger partial charge in [0.25, 0.3) is 5.56 Å². The van der Waals surface area contributed by atoms with Crippen molar-refractivity contribution in [3.63, 3.8) is 0 Å². The van der Waals surface area contributed by atoms with E-state index in [-0.39, 0.29) is 5.56 Å². The Bertz CT molecular complexity index is 631. The van der Waals surface area contributed by atoms with Crippen LogP contribution in [0.5, 0.6) is 0 Å². The molecule has 0 spiro atoms. The molecule has 2 aromatic heterocycles. The molecule has 114 valence electrons. The van der Waals surface area contributed by atoms with Gasteiger partial charge in [-0.3, -0.25) is 4.79 Å². The van der Waals surface area contributed by atoms with E-state index in [4.69, 9.17) is 4.74 Å². The summed E-state index contributed by atoms with van der Waals surface area (Å²) in [5.74, 6) is 0. The maximum atomic E-state index is 11.7. The van der Waals surface area contributed by atoms with Crippen LogP contribution in [0.1, 0.15) is 25.6 Å². The summed E-state index contributed by atoms with van der Waals surface area (Å²) in [6.45, 7) is 5.98. The Kier molecular flexibility index (Phi) is 5.16. The molecule has 0 saturated carbocycles. The SMILES string of the molecule is COCCn1cc(NCc2cncn2C(C)C)ccc1=O. The van der Waals surface area contributed by atoms with Gasteiger partial charge in [0, 0.05) is 38.2 Å². The molecule has 0 aliphatic rings. The average molecular weight is 290 g/mol. The number of hydrogen-bond donors (Lipinski definition) is 1. The molecule has 2 heterocycles. The first-order chi connectivity index (χ1) is 10.1. The number of methoxy groups -OCH3 is 1. The molecule has 0 aromatic carbocycles. The Morgan fingerprint density at radius 3 is 2.90 bits per heavy atom. The second-order valence-corrected chi connectivity index (χ2v) is 5.18. The molecule has 1 N–H and O–H groups in total. The van der Waals surface area contributed by atoms with Gasteiger partial charge >= 0.3 is 0 Å². The number of rotatable bonds is 7. The van der Waals surface area contributed by atoms with Gasteiger partial charge in [-0.2, -0.15) is 0 Å². The molecule has 0 bridgehead atoms. The number of aromatic nitrogens is 3. The maximum absolute atomic E-state index is 11.7. The van der Waals surface area contributed by atoms with E-state index in [9.17, 15) is 4.79 Å². The van der Waals surface area contributed by atoms with Crippen molar-refractivity contribution in [1.82, 2.24) is 14.1 Å². The molecule has 2 rings (SSSR count). The predicted octanol–water partition coefficient (Wildman–Crippen LogP) is 1.88. The van der Waals surface area contributed by atoms with Crippen molar-refractivity contribution < 1.29 is 4.74 Å². The predicted molar refractivity (Wildman–Crippen MR) is 82.5 cm³/mol. The van der Waals surface area contributed by atoms with Crippen molar-refractivity contribution in [3.8, 4) is 0 Å². The number of nitrogens with one attached hydrogen (secondary N) is 1. The van der Waals surface area contributed by atoms with Crippen LogP contribution in [-0.2, 0) is 17.8 Å². The molecule has 0 fully saturated rings. The third-order valence-electron chi connectivity index (χ3n) is 3.30. The van der Waals surface area contributed by atoms with Crippen molar-refractivity contribution in [3.05, 3.63) is 46.9 Å². The number of imidazole rings is 1. The van der Waals surface area contributed by atoms with Gasteiger partial charge in [-0.15, -0.1) is 0 Å². The lowest BCUT2D eigenvalue weighted by atomic mass is 10.3. The molecule has 0 aliphatic carbocycles. The van der Waals surface area contributed by atoms with E-state index in [0.29, 0.717) is 25.7 Å². The molecule has 2 aromatic rings. The van der Waals surface area contributed by atoms with E-state index >= 15 is 0 Å². The minimum absolute atomic E-state index is 0.0233. The fourth-order valence-corrected chi connectivity index (χ4v) is 2.13. The summed E-state index contributed by atoms with van der Waals surface area (Å²) in [6, 6.07) is 3.74. The van der Waals surface area contributed by atoms with Crippen LogP contribution in [0.2, 0.25) is 0 Å². The molecule has 0 saturated heterocycles. The van der Waals surface area contributed by atoms with E-state index in [1.807, 2.05) is 18.7 Å². The highest BCUT2D eigenvalue weighted by Gasteiger charge is 2.05. The molecule has 0 atom stereocenters. The number of ether oxygens (including phenoxy) is 1.